The quantitative estimate of drug-likeness (QED) is 0.616. The first-order chi connectivity index (χ1) is 9.90. The number of sulfonamides is 1. The van der Waals surface area contributed by atoms with Gasteiger partial charge >= 0.3 is 0 Å². The summed E-state index contributed by atoms with van der Waals surface area (Å²) in [5, 5.41) is 0. The van der Waals surface area contributed by atoms with Gasteiger partial charge in [-0.05, 0) is 37.1 Å². The molecule has 2 rings (SSSR count). The lowest BCUT2D eigenvalue weighted by atomic mass is 9.92. The van der Waals surface area contributed by atoms with E-state index in [0.717, 1.165) is 17.7 Å². The summed E-state index contributed by atoms with van der Waals surface area (Å²) in [6, 6.07) is 7.60. The van der Waals surface area contributed by atoms with E-state index in [2.05, 4.69) is 0 Å². The molecule has 1 unspecified atom stereocenters. The van der Waals surface area contributed by atoms with Gasteiger partial charge in [0.25, 0.3) is 0 Å². The molecule has 0 spiro atoms. The third-order valence-electron chi connectivity index (χ3n) is 3.84. The number of carbonyl (C=O) groups excluding carboxylic acids is 1. The zero-order valence-corrected chi connectivity index (χ0v) is 14.0. The van der Waals surface area contributed by atoms with E-state index in [1.165, 1.54) is 10.6 Å². The molecular formula is C15H21NO3S2. The van der Waals surface area contributed by atoms with E-state index < -0.39 is 10.0 Å². The SMILES string of the molecule is CSc1ccc(C(=O)CC2CCCN(S(C)(=O)=O)C2)cc1. The fourth-order valence-electron chi connectivity index (χ4n) is 2.65. The molecule has 1 fully saturated rings. The fraction of sp³-hybridized carbons (Fsp3) is 0.533. The van der Waals surface area contributed by atoms with Crippen molar-refractivity contribution in [2.45, 2.75) is 24.2 Å². The Morgan fingerprint density at radius 2 is 2.00 bits per heavy atom. The zero-order chi connectivity index (χ0) is 15.5. The fourth-order valence-corrected chi connectivity index (χ4v) is 4.00. The number of thioether (sulfide) groups is 1. The molecule has 1 heterocycles. The number of hydrogen-bond donors (Lipinski definition) is 0. The summed E-state index contributed by atoms with van der Waals surface area (Å²) >= 11 is 1.64. The average Bonchev–Trinajstić information content (AvgIpc) is 2.47. The molecule has 1 aromatic rings. The molecule has 1 atom stereocenters. The lowest BCUT2D eigenvalue weighted by Crippen LogP contribution is -2.39. The minimum Gasteiger partial charge on any atom is -0.294 e. The monoisotopic (exact) mass is 327 g/mol. The summed E-state index contributed by atoms with van der Waals surface area (Å²) in [4.78, 5) is 13.4. The molecule has 1 aliphatic rings. The highest BCUT2D eigenvalue weighted by atomic mass is 32.2. The van der Waals surface area contributed by atoms with Gasteiger partial charge in [-0.15, -0.1) is 11.8 Å². The molecular weight excluding hydrogens is 306 g/mol. The van der Waals surface area contributed by atoms with E-state index >= 15 is 0 Å². The van der Waals surface area contributed by atoms with E-state index in [9.17, 15) is 13.2 Å². The smallest absolute Gasteiger partial charge is 0.211 e. The number of hydrogen-bond acceptors (Lipinski definition) is 4. The van der Waals surface area contributed by atoms with Gasteiger partial charge in [0.2, 0.25) is 10.0 Å². The predicted octanol–water partition coefficient (Wildman–Crippen LogP) is 2.65. The molecule has 116 valence electrons. The number of Topliss-reactive ketones (excluding diaryl/α,β-unsaturated/α-hetero) is 1. The van der Waals surface area contributed by atoms with Gasteiger partial charge < -0.3 is 0 Å². The Kier molecular flexibility index (Phi) is 5.46. The summed E-state index contributed by atoms with van der Waals surface area (Å²) in [5.41, 5.74) is 0.712. The average molecular weight is 327 g/mol. The Balaban J connectivity index is 1.98. The maximum absolute atomic E-state index is 12.3. The summed E-state index contributed by atoms with van der Waals surface area (Å²) in [6.07, 6.45) is 5.40. The van der Waals surface area contributed by atoms with Crippen molar-refractivity contribution in [3.63, 3.8) is 0 Å². The van der Waals surface area contributed by atoms with Crippen LogP contribution in [0.15, 0.2) is 29.2 Å². The minimum absolute atomic E-state index is 0.100. The number of rotatable bonds is 5. The molecule has 0 aromatic heterocycles. The van der Waals surface area contributed by atoms with Crippen molar-refractivity contribution in [2.75, 3.05) is 25.6 Å². The van der Waals surface area contributed by atoms with E-state index in [1.54, 1.807) is 11.8 Å². The van der Waals surface area contributed by atoms with Crippen LogP contribution in [0.1, 0.15) is 29.6 Å². The van der Waals surface area contributed by atoms with Crippen LogP contribution in [-0.4, -0.2) is 44.1 Å². The van der Waals surface area contributed by atoms with Crippen molar-refractivity contribution in [2.24, 2.45) is 5.92 Å². The van der Waals surface area contributed by atoms with Gasteiger partial charge in [-0.2, -0.15) is 0 Å². The predicted molar refractivity (Wildman–Crippen MR) is 86.3 cm³/mol. The maximum atomic E-state index is 12.3. The third-order valence-corrected chi connectivity index (χ3v) is 5.85. The first-order valence-corrected chi connectivity index (χ1v) is 10.1. The van der Waals surface area contributed by atoms with Crippen LogP contribution in [-0.2, 0) is 10.0 Å². The molecule has 1 aliphatic heterocycles. The zero-order valence-electron chi connectivity index (χ0n) is 12.4. The molecule has 1 aromatic carbocycles. The van der Waals surface area contributed by atoms with Crippen molar-refractivity contribution in [3.05, 3.63) is 29.8 Å². The number of benzene rings is 1. The Morgan fingerprint density at radius 1 is 1.33 bits per heavy atom. The largest absolute Gasteiger partial charge is 0.294 e. The highest BCUT2D eigenvalue weighted by Gasteiger charge is 2.27. The molecule has 0 radical (unpaired) electrons. The van der Waals surface area contributed by atoms with Crippen LogP contribution >= 0.6 is 11.8 Å². The Morgan fingerprint density at radius 3 is 2.57 bits per heavy atom. The highest BCUT2D eigenvalue weighted by molar-refractivity contribution is 7.98. The number of nitrogens with zero attached hydrogens (tertiary/aromatic N) is 1. The first kappa shape index (κ1) is 16.5. The standard InChI is InChI=1S/C15H21NO3S2/c1-20-14-7-5-13(6-8-14)15(17)10-12-4-3-9-16(11-12)21(2,18)19/h5-8,12H,3-4,9-11H2,1-2H3. The second-order valence-electron chi connectivity index (χ2n) is 5.49. The van der Waals surface area contributed by atoms with Crippen LogP contribution < -0.4 is 0 Å². The van der Waals surface area contributed by atoms with Gasteiger partial charge in [0.15, 0.2) is 5.78 Å². The number of piperidine rings is 1. The van der Waals surface area contributed by atoms with E-state index in [-0.39, 0.29) is 11.7 Å². The molecule has 6 heteroatoms. The van der Waals surface area contributed by atoms with Gasteiger partial charge in [0, 0.05) is 30.0 Å². The Bertz CT molecular complexity index is 596. The van der Waals surface area contributed by atoms with Gasteiger partial charge in [0.1, 0.15) is 0 Å². The van der Waals surface area contributed by atoms with Crippen LogP contribution in [0.4, 0.5) is 0 Å². The summed E-state index contributed by atoms with van der Waals surface area (Å²) in [5.74, 6) is 0.226. The molecule has 0 bridgehead atoms. The van der Waals surface area contributed by atoms with E-state index in [0.29, 0.717) is 25.1 Å². The summed E-state index contributed by atoms with van der Waals surface area (Å²) in [7, 11) is -3.15. The number of carbonyl (C=O) groups is 1. The maximum Gasteiger partial charge on any atom is 0.211 e. The lowest BCUT2D eigenvalue weighted by molar-refractivity contribution is 0.0942. The Labute approximate surface area is 131 Å². The Hall–Kier alpha value is -0.850. The first-order valence-electron chi connectivity index (χ1n) is 7.02. The van der Waals surface area contributed by atoms with Gasteiger partial charge in [-0.25, -0.2) is 12.7 Å². The molecule has 0 aliphatic carbocycles. The van der Waals surface area contributed by atoms with Gasteiger partial charge in [-0.1, -0.05) is 12.1 Å². The topological polar surface area (TPSA) is 54.5 Å². The van der Waals surface area contributed by atoms with Crippen LogP contribution in [0.25, 0.3) is 0 Å². The van der Waals surface area contributed by atoms with Gasteiger partial charge in [0.05, 0.1) is 6.26 Å². The molecule has 0 saturated carbocycles. The van der Waals surface area contributed by atoms with Gasteiger partial charge in [-0.3, -0.25) is 4.79 Å². The molecule has 4 nitrogen and oxygen atoms in total. The lowest BCUT2D eigenvalue weighted by Gasteiger charge is -2.30. The van der Waals surface area contributed by atoms with E-state index in [1.807, 2.05) is 30.5 Å². The molecule has 0 N–H and O–H groups in total. The summed E-state index contributed by atoms with van der Waals surface area (Å²) < 4.78 is 24.7. The third kappa shape index (κ3) is 4.56. The second kappa shape index (κ2) is 6.94. The van der Waals surface area contributed by atoms with E-state index in [4.69, 9.17) is 0 Å². The minimum atomic E-state index is -3.15. The summed E-state index contributed by atoms with van der Waals surface area (Å²) in [6.45, 7) is 1.04. The van der Waals surface area contributed by atoms with Crippen LogP contribution in [0.2, 0.25) is 0 Å². The van der Waals surface area contributed by atoms with Crippen LogP contribution in [0.5, 0.6) is 0 Å². The normalized spacial score (nSPS) is 20.4. The number of ketones is 1. The second-order valence-corrected chi connectivity index (χ2v) is 8.35. The van der Waals surface area contributed by atoms with Crippen LogP contribution in [0.3, 0.4) is 0 Å². The van der Waals surface area contributed by atoms with Crippen molar-refractivity contribution in [1.82, 2.24) is 4.31 Å². The van der Waals surface area contributed by atoms with Crippen LogP contribution in [0, 0.1) is 5.92 Å². The molecule has 1 saturated heterocycles. The molecule has 0 amide bonds. The van der Waals surface area contributed by atoms with Crippen molar-refractivity contribution in [1.29, 1.82) is 0 Å². The van der Waals surface area contributed by atoms with Crippen molar-refractivity contribution in [3.8, 4) is 0 Å². The molecule has 21 heavy (non-hydrogen) atoms. The highest BCUT2D eigenvalue weighted by Crippen LogP contribution is 2.24. The van der Waals surface area contributed by atoms with Crippen molar-refractivity contribution >= 4 is 27.6 Å². The van der Waals surface area contributed by atoms with Crippen molar-refractivity contribution < 1.29 is 13.2 Å².